The number of nitriles is 1. The first-order valence-electron chi connectivity index (χ1n) is 5.97. The number of aromatic nitrogens is 1. The normalized spacial score (nSPS) is 9.85. The fourth-order valence-electron chi connectivity index (χ4n) is 1.70. The molecule has 0 saturated carbocycles. The van der Waals surface area contributed by atoms with Crippen molar-refractivity contribution in [3.8, 4) is 17.6 Å². The second kappa shape index (κ2) is 6.92. The Balaban J connectivity index is 2.15. The van der Waals surface area contributed by atoms with Gasteiger partial charge in [-0.2, -0.15) is 5.26 Å². The maximum atomic E-state index is 8.82. The van der Waals surface area contributed by atoms with E-state index in [2.05, 4.69) is 20.9 Å². The zero-order chi connectivity index (χ0) is 14.4. The van der Waals surface area contributed by atoms with Gasteiger partial charge in [-0.3, -0.25) is 0 Å². The molecule has 2 aromatic rings. The summed E-state index contributed by atoms with van der Waals surface area (Å²) in [5.74, 6) is 1.36. The summed E-state index contributed by atoms with van der Waals surface area (Å²) in [7, 11) is 1.61. The Hall–Kier alpha value is -2.06. The molecule has 0 spiro atoms. The Morgan fingerprint density at radius 3 is 2.75 bits per heavy atom. The van der Waals surface area contributed by atoms with Gasteiger partial charge < -0.3 is 9.47 Å². The first-order chi connectivity index (χ1) is 9.76. The molecule has 0 aliphatic carbocycles. The Kier molecular flexibility index (Phi) is 4.97. The Bertz CT molecular complexity index is 638. The molecule has 0 atom stereocenters. The van der Waals surface area contributed by atoms with Crippen LogP contribution in [0.25, 0.3) is 0 Å². The van der Waals surface area contributed by atoms with E-state index in [1.165, 1.54) is 0 Å². The summed E-state index contributed by atoms with van der Waals surface area (Å²) in [6.45, 7) is 0.360. The number of methoxy groups -OCH3 is 1. The monoisotopic (exact) mass is 332 g/mol. The molecule has 4 nitrogen and oxygen atoms in total. The molecule has 0 aliphatic heterocycles. The van der Waals surface area contributed by atoms with Crippen LogP contribution in [0.15, 0.2) is 36.5 Å². The standard InChI is InChI=1S/C15H13BrN2O2/c1-19-14-3-2-11(8-16)7-15(14)20-10-12-4-5-18-13(6-12)9-17/h2-7H,8,10H2,1H3. The first kappa shape index (κ1) is 14.4. The van der Waals surface area contributed by atoms with Crippen LogP contribution in [0.3, 0.4) is 0 Å². The van der Waals surface area contributed by atoms with Crippen molar-refractivity contribution >= 4 is 15.9 Å². The van der Waals surface area contributed by atoms with Gasteiger partial charge in [-0.25, -0.2) is 4.98 Å². The van der Waals surface area contributed by atoms with Gasteiger partial charge in [-0.05, 0) is 35.4 Å². The molecule has 0 aliphatic rings. The summed E-state index contributed by atoms with van der Waals surface area (Å²) in [5, 5.41) is 9.57. The van der Waals surface area contributed by atoms with Crippen molar-refractivity contribution in [2.24, 2.45) is 0 Å². The number of nitrogens with zero attached hydrogens (tertiary/aromatic N) is 2. The largest absolute Gasteiger partial charge is 0.493 e. The predicted octanol–water partition coefficient (Wildman–Crippen LogP) is 3.44. The smallest absolute Gasteiger partial charge is 0.161 e. The minimum Gasteiger partial charge on any atom is -0.493 e. The second-order valence-electron chi connectivity index (χ2n) is 4.07. The minimum absolute atomic E-state index is 0.360. The molecule has 0 amide bonds. The molecule has 1 aromatic carbocycles. The molecule has 0 bridgehead atoms. The van der Waals surface area contributed by atoms with Crippen molar-refractivity contribution < 1.29 is 9.47 Å². The van der Waals surface area contributed by atoms with E-state index in [1.807, 2.05) is 30.3 Å². The maximum absolute atomic E-state index is 8.82. The van der Waals surface area contributed by atoms with Crippen LogP contribution in [0.4, 0.5) is 0 Å². The van der Waals surface area contributed by atoms with Gasteiger partial charge in [0.05, 0.1) is 7.11 Å². The summed E-state index contributed by atoms with van der Waals surface area (Å²) in [4.78, 5) is 3.93. The Morgan fingerprint density at radius 1 is 1.20 bits per heavy atom. The Labute approximate surface area is 126 Å². The first-order valence-corrected chi connectivity index (χ1v) is 7.09. The lowest BCUT2D eigenvalue weighted by Crippen LogP contribution is -1.99. The van der Waals surface area contributed by atoms with Crippen molar-refractivity contribution in [1.82, 2.24) is 4.98 Å². The van der Waals surface area contributed by atoms with Crippen LogP contribution in [-0.2, 0) is 11.9 Å². The minimum atomic E-state index is 0.360. The Morgan fingerprint density at radius 2 is 2.05 bits per heavy atom. The SMILES string of the molecule is COc1ccc(CBr)cc1OCc1ccnc(C#N)c1. The number of halogens is 1. The number of benzene rings is 1. The van der Waals surface area contributed by atoms with E-state index in [1.54, 1.807) is 19.4 Å². The number of hydrogen-bond acceptors (Lipinski definition) is 4. The number of ether oxygens (including phenoxy) is 2. The number of rotatable bonds is 5. The molecular formula is C15H13BrN2O2. The van der Waals surface area contributed by atoms with E-state index in [0.29, 0.717) is 23.8 Å². The quantitative estimate of drug-likeness (QED) is 0.787. The lowest BCUT2D eigenvalue weighted by molar-refractivity contribution is 0.284. The highest BCUT2D eigenvalue weighted by molar-refractivity contribution is 9.08. The van der Waals surface area contributed by atoms with Gasteiger partial charge in [0.15, 0.2) is 11.5 Å². The number of pyridine rings is 1. The van der Waals surface area contributed by atoms with Crippen LogP contribution in [0.1, 0.15) is 16.8 Å². The summed E-state index contributed by atoms with van der Waals surface area (Å²) >= 11 is 3.41. The molecule has 0 saturated heterocycles. The van der Waals surface area contributed by atoms with Gasteiger partial charge in [-0.15, -0.1) is 0 Å². The van der Waals surface area contributed by atoms with Crippen LogP contribution in [0.2, 0.25) is 0 Å². The molecule has 2 rings (SSSR count). The van der Waals surface area contributed by atoms with E-state index in [9.17, 15) is 0 Å². The van der Waals surface area contributed by atoms with Gasteiger partial charge in [-0.1, -0.05) is 22.0 Å². The van der Waals surface area contributed by atoms with Crippen LogP contribution >= 0.6 is 15.9 Å². The van der Waals surface area contributed by atoms with Crippen LogP contribution < -0.4 is 9.47 Å². The molecule has 0 fully saturated rings. The molecule has 5 heteroatoms. The second-order valence-corrected chi connectivity index (χ2v) is 4.63. The van der Waals surface area contributed by atoms with Crippen molar-refractivity contribution in [2.75, 3.05) is 7.11 Å². The molecule has 0 N–H and O–H groups in total. The average molecular weight is 333 g/mol. The molecule has 0 radical (unpaired) electrons. The molecule has 1 aromatic heterocycles. The molecule has 1 heterocycles. The van der Waals surface area contributed by atoms with Gasteiger partial charge >= 0.3 is 0 Å². The summed E-state index contributed by atoms with van der Waals surface area (Å²) in [5.41, 5.74) is 2.38. The van der Waals surface area contributed by atoms with E-state index in [-0.39, 0.29) is 0 Å². The third kappa shape index (κ3) is 3.49. The third-order valence-electron chi connectivity index (χ3n) is 2.72. The van der Waals surface area contributed by atoms with Gasteiger partial charge in [0, 0.05) is 11.5 Å². The highest BCUT2D eigenvalue weighted by atomic mass is 79.9. The summed E-state index contributed by atoms with van der Waals surface area (Å²) in [6, 6.07) is 11.3. The van der Waals surface area contributed by atoms with Crippen molar-refractivity contribution in [2.45, 2.75) is 11.9 Å². The van der Waals surface area contributed by atoms with E-state index >= 15 is 0 Å². The van der Waals surface area contributed by atoms with Crippen molar-refractivity contribution in [1.29, 1.82) is 5.26 Å². The maximum Gasteiger partial charge on any atom is 0.161 e. The van der Waals surface area contributed by atoms with Crippen molar-refractivity contribution in [3.05, 3.63) is 53.3 Å². The van der Waals surface area contributed by atoms with E-state index in [4.69, 9.17) is 14.7 Å². The van der Waals surface area contributed by atoms with E-state index in [0.717, 1.165) is 16.5 Å². The molecule has 102 valence electrons. The van der Waals surface area contributed by atoms with E-state index < -0.39 is 0 Å². The average Bonchev–Trinajstić information content (AvgIpc) is 2.52. The topological polar surface area (TPSA) is 55.1 Å². The third-order valence-corrected chi connectivity index (χ3v) is 3.36. The zero-order valence-corrected chi connectivity index (χ0v) is 12.6. The highest BCUT2D eigenvalue weighted by Gasteiger charge is 2.06. The number of alkyl halides is 1. The lowest BCUT2D eigenvalue weighted by atomic mass is 10.2. The van der Waals surface area contributed by atoms with Gasteiger partial charge in [0.25, 0.3) is 0 Å². The van der Waals surface area contributed by atoms with Crippen LogP contribution in [0, 0.1) is 11.3 Å². The summed E-state index contributed by atoms with van der Waals surface area (Å²) < 4.78 is 11.0. The molecule has 0 unspecified atom stereocenters. The lowest BCUT2D eigenvalue weighted by Gasteiger charge is -2.11. The van der Waals surface area contributed by atoms with Crippen LogP contribution in [-0.4, -0.2) is 12.1 Å². The van der Waals surface area contributed by atoms with Crippen molar-refractivity contribution in [3.63, 3.8) is 0 Å². The fourth-order valence-corrected chi connectivity index (χ4v) is 2.05. The zero-order valence-electron chi connectivity index (χ0n) is 11.0. The van der Waals surface area contributed by atoms with Crippen LogP contribution in [0.5, 0.6) is 11.5 Å². The highest BCUT2D eigenvalue weighted by Crippen LogP contribution is 2.29. The van der Waals surface area contributed by atoms with Gasteiger partial charge in [0.1, 0.15) is 18.4 Å². The molecule has 20 heavy (non-hydrogen) atoms. The predicted molar refractivity (Wildman–Crippen MR) is 78.9 cm³/mol. The van der Waals surface area contributed by atoms with Gasteiger partial charge in [0.2, 0.25) is 0 Å². The summed E-state index contributed by atoms with van der Waals surface area (Å²) in [6.07, 6.45) is 1.60. The number of hydrogen-bond donors (Lipinski definition) is 0. The molecular weight excluding hydrogens is 320 g/mol. The fraction of sp³-hybridized carbons (Fsp3) is 0.200.